The van der Waals surface area contributed by atoms with Crippen LogP contribution in [0.25, 0.3) is 11.3 Å². The summed E-state index contributed by atoms with van der Waals surface area (Å²) in [6, 6.07) is 9.48. The summed E-state index contributed by atoms with van der Waals surface area (Å²) in [4.78, 5) is 41.0. The Labute approximate surface area is 308 Å². The normalized spacial score (nSPS) is 40.6. The van der Waals surface area contributed by atoms with Gasteiger partial charge in [0.15, 0.2) is 11.5 Å². The van der Waals surface area contributed by atoms with Gasteiger partial charge < -0.3 is 24.4 Å². The lowest BCUT2D eigenvalue weighted by atomic mass is 9.33. The number of carbonyl (C=O) groups is 3. The van der Waals surface area contributed by atoms with Gasteiger partial charge in [0.05, 0.1) is 13.7 Å². The maximum absolute atomic E-state index is 14.8. The molecule has 1 aromatic carbocycles. The molecule has 5 aliphatic carbocycles. The van der Waals surface area contributed by atoms with E-state index in [1.807, 2.05) is 50.3 Å². The van der Waals surface area contributed by atoms with E-state index in [9.17, 15) is 19.5 Å². The Morgan fingerprint density at radius 3 is 2.40 bits per heavy atom. The molecule has 1 unspecified atom stereocenters. The fourth-order valence-electron chi connectivity index (χ4n) is 12.5. The highest BCUT2D eigenvalue weighted by molar-refractivity contribution is 5.96. The van der Waals surface area contributed by atoms with Crippen LogP contribution in [0.15, 0.2) is 46.5 Å². The second-order valence-electron chi connectivity index (χ2n) is 18.9. The van der Waals surface area contributed by atoms with Crippen LogP contribution in [0.3, 0.4) is 0 Å². The van der Waals surface area contributed by atoms with Crippen molar-refractivity contribution in [3.63, 3.8) is 0 Å². The smallest absolute Gasteiger partial charge is 0.305 e. The summed E-state index contributed by atoms with van der Waals surface area (Å²) >= 11 is 0. The molecule has 0 radical (unpaired) electrons. The predicted octanol–water partition coefficient (Wildman–Crippen LogP) is 8.20. The molecule has 0 aliphatic heterocycles. The van der Waals surface area contributed by atoms with Gasteiger partial charge in [-0.2, -0.15) is 0 Å². The number of aromatic nitrogens is 1. The monoisotopic (exact) mass is 714 g/mol. The van der Waals surface area contributed by atoms with E-state index in [2.05, 4.69) is 45.1 Å². The number of esters is 1. The molecule has 4 fully saturated rings. The zero-order valence-electron chi connectivity index (χ0n) is 32.6. The van der Waals surface area contributed by atoms with Crippen LogP contribution in [0.4, 0.5) is 0 Å². The highest BCUT2D eigenvalue weighted by Crippen LogP contribution is 2.75. The number of allylic oxidation sites excluding steroid dienone is 2. The standard InChI is InChI=1S/C43H58N2O7/c1-26(46)51-43(49)21-19-40(6)34(37(43,2)3)14-15-42(8)35(40)32(47)23-29-30-24-39(5,17-16-38(30,4)18-20-41(29,42)7)36(48)44-25-27-22-31(45-52-27)28-12-10-11-13-33(28)50-9/h10-13,22-23,30,34-35,49H,14-21,24-25H2,1-9H3,(H,44,48)/t30-,34?,35-,38-,39+,40+,41-,42-,43-/m1/s1. The lowest BCUT2D eigenvalue weighted by Crippen LogP contribution is -2.69. The number of para-hydroxylation sites is 1. The molecule has 1 heterocycles. The average molecular weight is 715 g/mol. The minimum absolute atomic E-state index is 0.00150. The number of ketones is 1. The average Bonchev–Trinajstić information content (AvgIpc) is 3.56. The summed E-state index contributed by atoms with van der Waals surface area (Å²) in [6.07, 6.45) is 9.10. The number of methoxy groups -OCH3 is 1. The van der Waals surface area contributed by atoms with Crippen LogP contribution in [-0.4, -0.2) is 40.8 Å². The highest BCUT2D eigenvalue weighted by Gasteiger charge is 2.72. The molecule has 9 nitrogen and oxygen atoms in total. The first-order valence-electron chi connectivity index (χ1n) is 19.3. The number of hydrogen-bond acceptors (Lipinski definition) is 8. The van der Waals surface area contributed by atoms with E-state index >= 15 is 0 Å². The van der Waals surface area contributed by atoms with Crippen molar-refractivity contribution in [2.75, 3.05) is 7.11 Å². The number of ether oxygens (including phenoxy) is 2. The van der Waals surface area contributed by atoms with Crippen LogP contribution < -0.4 is 10.1 Å². The number of benzene rings is 1. The Balaban J connectivity index is 1.14. The van der Waals surface area contributed by atoms with Gasteiger partial charge in [-0.1, -0.05) is 71.3 Å². The molecule has 1 aromatic heterocycles. The lowest BCUT2D eigenvalue weighted by Gasteiger charge is -2.71. The molecule has 0 spiro atoms. The third-order valence-electron chi connectivity index (χ3n) is 15.9. The first kappa shape index (κ1) is 36.9. The molecule has 1 amide bonds. The fourth-order valence-corrected chi connectivity index (χ4v) is 12.5. The van der Waals surface area contributed by atoms with Gasteiger partial charge in [0, 0.05) is 41.7 Å². The Morgan fingerprint density at radius 1 is 0.981 bits per heavy atom. The van der Waals surface area contributed by atoms with Crippen molar-refractivity contribution in [1.29, 1.82) is 0 Å². The molecule has 0 bridgehead atoms. The van der Waals surface area contributed by atoms with E-state index in [0.29, 0.717) is 36.5 Å². The summed E-state index contributed by atoms with van der Waals surface area (Å²) in [6.45, 7) is 17.1. The molecule has 9 atom stereocenters. The Morgan fingerprint density at radius 2 is 1.69 bits per heavy atom. The van der Waals surface area contributed by atoms with Crippen LogP contribution in [0, 0.1) is 50.2 Å². The van der Waals surface area contributed by atoms with Gasteiger partial charge >= 0.3 is 5.97 Å². The van der Waals surface area contributed by atoms with E-state index in [-0.39, 0.29) is 57.6 Å². The first-order valence-corrected chi connectivity index (χ1v) is 19.3. The summed E-state index contributed by atoms with van der Waals surface area (Å²) in [7, 11) is 1.62. The Kier molecular flexibility index (Phi) is 8.53. The third kappa shape index (κ3) is 5.18. The van der Waals surface area contributed by atoms with Crippen molar-refractivity contribution in [2.24, 2.45) is 50.2 Å². The second-order valence-corrected chi connectivity index (χ2v) is 18.9. The van der Waals surface area contributed by atoms with Crippen LogP contribution >= 0.6 is 0 Å². The van der Waals surface area contributed by atoms with Crippen molar-refractivity contribution in [3.8, 4) is 17.0 Å². The molecule has 52 heavy (non-hydrogen) atoms. The third-order valence-corrected chi connectivity index (χ3v) is 15.9. The van der Waals surface area contributed by atoms with Crippen LogP contribution in [0.1, 0.15) is 119 Å². The number of carbonyl (C=O) groups excluding carboxylic acids is 3. The number of nitrogens with zero attached hydrogens (tertiary/aromatic N) is 1. The number of rotatable bonds is 6. The van der Waals surface area contributed by atoms with Gasteiger partial charge in [0.2, 0.25) is 11.7 Å². The van der Waals surface area contributed by atoms with E-state index in [1.165, 1.54) is 12.5 Å². The number of nitrogens with one attached hydrogen (secondary N) is 1. The van der Waals surface area contributed by atoms with Crippen LogP contribution in [0.2, 0.25) is 0 Å². The molecule has 5 aliphatic rings. The fraction of sp³-hybridized carbons (Fsp3) is 0.674. The summed E-state index contributed by atoms with van der Waals surface area (Å²) in [5, 5.41) is 19.1. The van der Waals surface area contributed by atoms with Crippen molar-refractivity contribution in [1.82, 2.24) is 10.5 Å². The van der Waals surface area contributed by atoms with Crippen LogP contribution in [0.5, 0.6) is 5.75 Å². The van der Waals surface area contributed by atoms with Gasteiger partial charge in [0.1, 0.15) is 11.4 Å². The van der Waals surface area contributed by atoms with Gasteiger partial charge in [0.25, 0.3) is 0 Å². The zero-order chi connectivity index (χ0) is 37.7. The molecule has 4 saturated carbocycles. The summed E-state index contributed by atoms with van der Waals surface area (Å²) in [5.74, 6) is -0.673. The molecule has 2 aromatic rings. The number of fused-ring (bicyclic) bond motifs is 7. The van der Waals surface area contributed by atoms with Crippen molar-refractivity contribution in [3.05, 3.63) is 47.7 Å². The Hall–Kier alpha value is -3.46. The number of amides is 1. The molecule has 2 N–H and O–H groups in total. The maximum atomic E-state index is 14.8. The van der Waals surface area contributed by atoms with Crippen molar-refractivity contribution >= 4 is 17.7 Å². The molecular weight excluding hydrogens is 656 g/mol. The SMILES string of the molecule is COc1ccccc1-c1cc(CNC(=O)[C@@]2(C)CC[C@]3(C)CC[C@]4(C)C(=CC(=O)[C@@H]5[C@@]6(C)CC[C@@](O)(OC(C)=O)C(C)(C)C6CC[C@]54C)[C@H]3C2)on1. The zero-order valence-corrected chi connectivity index (χ0v) is 32.6. The van der Waals surface area contributed by atoms with E-state index in [0.717, 1.165) is 44.1 Å². The molecule has 282 valence electrons. The Bertz CT molecular complexity index is 1830. The van der Waals surface area contributed by atoms with E-state index < -0.39 is 22.6 Å². The number of hydrogen-bond donors (Lipinski definition) is 2. The highest BCUT2D eigenvalue weighted by atomic mass is 16.7. The second kappa shape index (κ2) is 12.0. The first-order chi connectivity index (χ1) is 24.3. The van der Waals surface area contributed by atoms with Gasteiger partial charge in [-0.25, -0.2) is 0 Å². The lowest BCUT2D eigenvalue weighted by molar-refractivity contribution is -0.314. The quantitative estimate of drug-likeness (QED) is 0.227. The number of aliphatic hydroxyl groups is 1. The van der Waals surface area contributed by atoms with Crippen LogP contribution in [-0.2, 0) is 25.7 Å². The maximum Gasteiger partial charge on any atom is 0.305 e. The summed E-state index contributed by atoms with van der Waals surface area (Å²) in [5.41, 5.74) is 0.566. The molecule has 0 saturated heterocycles. The molecule has 7 rings (SSSR count). The van der Waals surface area contributed by atoms with Gasteiger partial charge in [-0.15, -0.1) is 0 Å². The van der Waals surface area contributed by atoms with Crippen molar-refractivity contribution in [2.45, 2.75) is 126 Å². The van der Waals surface area contributed by atoms with E-state index in [4.69, 9.17) is 14.0 Å². The predicted molar refractivity (Wildman–Crippen MR) is 196 cm³/mol. The van der Waals surface area contributed by atoms with Gasteiger partial charge in [-0.05, 0) is 103 Å². The van der Waals surface area contributed by atoms with Gasteiger partial charge in [-0.3, -0.25) is 14.4 Å². The topological polar surface area (TPSA) is 128 Å². The molecular formula is C43H58N2O7. The molecule has 9 heteroatoms. The minimum Gasteiger partial charge on any atom is -0.496 e. The minimum atomic E-state index is -1.57. The van der Waals surface area contributed by atoms with Crippen molar-refractivity contribution < 1.29 is 33.5 Å². The largest absolute Gasteiger partial charge is 0.496 e. The van der Waals surface area contributed by atoms with E-state index in [1.54, 1.807) is 7.11 Å². The summed E-state index contributed by atoms with van der Waals surface area (Å²) < 4.78 is 16.8.